The molecule has 0 aliphatic heterocycles. The number of nitrogens with zero attached hydrogens (tertiary/aromatic N) is 4. The number of rotatable bonds is 5. The maximum absolute atomic E-state index is 6.14. The number of hydrogen-bond acceptors (Lipinski definition) is 3. The molecule has 3 aromatic rings. The zero-order chi connectivity index (χ0) is 15.0. The summed E-state index contributed by atoms with van der Waals surface area (Å²) < 4.78 is 4.16. The molecule has 0 amide bonds. The van der Waals surface area contributed by atoms with Gasteiger partial charge in [0.25, 0.3) is 0 Å². The lowest BCUT2D eigenvalue weighted by atomic mass is 10.2. The van der Waals surface area contributed by atoms with Crippen LogP contribution in [-0.2, 0) is 19.3 Å². The Bertz CT molecular complexity index is 741. The molecule has 0 fully saturated rings. The van der Waals surface area contributed by atoms with E-state index in [1.165, 1.54) is 4.88 Å². The number of imidazole rings is 1. The molecule has 4 nitrogen and oxygen atoms in total. The number of halogens is 1. The summed E-state index contributed by atoms with van der Waals surface area (Å²) in [6, 6.07) is 4.45. The second-order valence-electron chi connectivity index (χ2n) is 5.22. The molecule has 0 radical (unpaired) electrons. The average Bonchev–Trinajstić information content (AvgIpc) is 3.17. The van der Waals surface area contributed by atoms with Gasteiger partial charge in [-0.15, -0.1) is 22.9 Å². The van der Waals surface area contributed by atoms with E-state index < -0.39 is 0 Å². The number of fused-ring (bicyclic) bond motifs is 1. The van der Waals surface area contributed by atoms with E-state index in [0.29, 0.717) is 5.88 Å². The van der Waals surface area contributed by atoms with Crippen molar-refractivity contribution in [2.75, 3.05) is 0 Å². The molecule has 0 saturated heterocycles. The molecule has 3 aromatic heterocycles. The molecular weight excluding hydrogens is 304 g/mol. The normalized spacial score (nSPS) is 13.1. The van der Waals surface area contributed by atoms with Crippen molar-refractivity contribution >= 4 is 34.1 Å². The van der Waals surface area contributed by atoms with E-state index in [9.17, 15) is 0 Å². The van der Waals surface area contributed by atoms with Crippen molar-refractivity contribution in [1.82, 2.24) is 19.3 Å². The van der Waals surface area contributed by atoms with Crippen LogP contribution < -0.4 is 0 Å². The number of hydrogen-bond donors (Lipinski definition) is 0. The predicted octanol–water partition coefficient (Wildman–Crippen LogP) is 4.13. The number of alkyl halides is 1. The Balaban J connectivity index is 2.20. The van der Waals surface area contributed by atoms with Crippen LogP contribution in [0.1, 0.15) is 42.7 Å². The third kappa shape index (κ3) is 2.38. The summed E-state index contributed by atoms with van der Waals surface area (Å²) in [4.78, 5) is 6.06. The quantitative estimate of drug-likeness (QED) is 0.662. The number of thiophene rings is 1. The first-order valence-electron chi connectivity index (χ1n) is 7.19. The fourth-order valence-electron chi connectivity index (χ4n) is 2.81. The van der Waals surface area contributed by atoms with E-state index in [2.05, 4.69) is 41.0 Å². The summed E-state index contributed by atoms with van der Waals surface area (Å²) in [5.41, 5.74) is 3.13. The molecule has 3 rings (SSSR count). The molecule has 0 saturated carbocycles. The smallest absolute Gasteiger partial charge is 0.159 e. The lowest BCUT2D eigenvalue weighted by Gasteiger charge is -2.15. The van der Waals surface area contributed by atoms with Crippen molar-refractivity contribution in [2.24, 2.45) is 7.05 Å². The molecule has 0 N–H and O–H groups in total. The Morgan fingerprint density at radius 1 is 1.43 bits per heavy atom. The first-order valence-corrected chi connectivity index (χ1v) is 8.60. The first-order chi connectivity index (χ1) is 10.2. The Morgan fingerprint density at radius 3 is 2.86 bits per heavy atom. The van der Waals surface area contributed by atoms with Gasteiger partial charge < -0.3 is 4.57 Å². The van der Waals surface area contributed by atoms with Gasteiger partial charge in [-0.05, 0) is 24.8 Å². The molecule has 0 bridgehead atoms. The van der Waals surface area contributed by atoms with Gasteiger partial charge in [-0.1, -0.05) is 19.4 Å². The Labute approximate surface area is 133 Å². The van der Waals surface area contributed by atoms with Crippen LogP contribution in [0.3, 0.4) is 0 Å². The van der Waals surface area contributed by atoms with Crippen molar-refractivity contribution < 1.29 is 0 Å². The molecule has 1 atom stereocenters. The van der Waals surface area contributed by atoms with E-state index in [1.807, 2.05) is 11.7 Å². The van der Waals surface area contributed by atoms with E-state index in [0.717, 1.165) is 35.5 Å². The van der Waals surface area contributed by atoms with E-state index in [-0.39, 0.29) is 6.04 Å². The highest BCUT2D eigenvalue weighted by atomic mass is 35.5. The van der Waals surface area contributed by atoms with Crippen LogP contribution in [0.5, 0.6) is 0 Å². The zero-order valence-corrected chi connectivity index (χ0v) is 14.1. The molecule has 0 aliphatic carbocycles. The second-order valence-corrected chi connectivity index (χ2v) is 6.46. The highest BCUT2D eigenvalue weighted by Gasteiger charge is 2.22. The summed E-state index contributed by atoms with van der Waals surface area (Å²) >= 11 is 7.90. The molecule has 0 spiro atoms. The van der Waals surface area contributed by atoms with Gasteiger partial charge in [0, 0.05) is 11.9 Å². The highest BCUT2D eigenvalue weighted by molar-refractivity contribution is 7.10. The molecule has 0 aliphatic rings. The number of aromatic nitrogens is 4. The van der Waals surface area contributed by atoms with Gasteiger partial charge in [-0.3, -0.25) is 4.68 Å². The Kier molecular flexibility index (Phi) is 4.04. The van der Waals surface area contributed by atoms with E-state index >= 15 is 0 Å². The standard InChI is InChI=1S/C15H19ClN4S/c1-4-6-11-14-15(19(3)18-11)20(13(9-16)17-14)10(2)12-7-5-8-21-12/h5,7-8,10H,4,6,9H2,1-3H3. The lowest BCUT2D eigenvalue weighted by molar-refractivity contribution is 0.614. The molecule has 3 heterocycles. The topological polar surface area (TPSA) is 35.6 Å². The van der Waals surface area contributed by atoms with Crippen LogP contribution in [0.25, 0.3) is 11.2 Å². The average molecular weight is 323 g/mol. The zero-order valence-electron chi connectivity index (χ0n) is 12.5. The van der Waals surface area contributed by atoms with Crippen LogP contribution in [0, 0.1) is 0 Å². The minimum absolute atomic E-state index is 0.216. The fourth-order valence-corrected chi connectivity index (χ4v) is 3.77. The molecule has 21 heavy (non-hydrogen) atoms. The third-order valence-electron chi connectivity index (χ3n) is 3.76. The molecular formula is C15H19ClN4S. The monoisotopic (exact) mass is 322 g/mol. The van der Waals surface area contributed by atoms with Crippen molar-refractivity contribution in [3.63, 3.8) is 0 Å². The van der Waals surface area contributed by atoms with Crippen molar-refractivity contribution in [1.29, 1.82) is 0 Å². The minimum atomic E-state index is 0.216. The Hall–Kier alpha value is -1.33. The largest absolute Gasteiger partial charge is 0.304 e. The van der Waals surface area contributed by atoms with Crippen LogP contribution in [0.2, 0.25) is 0 Å². The second kappa shape index (κ2) is 5.81. The van der Waals surface area contributed by atoms with Gasteiger partial charge in [0.05, 0.1) is 17.6 Å². The highest BCUT2D eigenvalue weighted by Crippen LogP contribution is 2.30. The van der Waals surface area contributed by atoms with Gasteiger partial charge in [0.2, 0.25) is 0 Å². The molecule has 112 valence electrons. The maximum atomic E-state index is 6.14. The van der Waals surface area contributed by atoms with Crippen molar-refractivity contribution in [3.05, 3.63) is 33.9 Å². The van der Waals surface area contributed by atoms with Crippen molar-refractivity contribution in [3.8, 4) is 0 Å². The summed E-state index contributed by atoms with van der Waals surface area (Å²) in [5, 5.41) is 6.74. The summed E-state index contributed by atoms with van der Waals surface area (Å²) in [6.45, 7) is 4.35. The van der Waals surface area contributed by atoms with Gasteiger partial charge in [0.1, 0.15) is 11.3 Å². The summed E-state index contributed by atoms with van der Waals surface area (Å²) in [5.74, 6) is 1.33. The van der Waals surface area contributed by atoms with Crippen LogP contribution in [-0.4, -0.2) is 19.3 Å². The lowest BCUT2D eigenvalue weighted by Crippen LogP contribution is -2.11. The van der Waals surface area contributed by atoms with Gasteiger partial charge in [-0.2, -0.15) is 5.10 Å². The summed E-state index contributed by atoms with van der Waals surface area (Å²) in [6.07, 6.45) is 2.01. The van der Waals surface area contributed by atoms with Crippen LogP contribution >= 0.6 is 22.9 Å². The Morgan fingerprint density at radius 2 is 2.24 bits per heavy atom. The fraction of sp³-hybridized carbons (Fsp3) is 0.467. The maximum Gasteiger partial charge on any atom is 0.159 e. The van der Waals surface area contributed by atoms with E-state index in [1.54, 1.807) is 11.3 Å². The SMILES string of the molecule is CCCc1nn(C)c2c1nc(CCl)n2C(C)c1cccs1. The van der Waals surface area contributed by atoms with Crippen LogP contribution in [0.4, 0.5) is 0 Å². The predicted molar refractivity (Wildman–Crippen MR) is 88.2 cm³/mol. The minimum Gasteiger partial charge on any atom is -0.304 e. The molecule has 0 aromatic carbocycles. The van der Waals surface area contributed by atoms with Gasteiger partial charge in [-0.25, -0.2) is 4.98 Å². The number of aryl methyl sites for hydroxylation is 2. The van der Waals surface area contributed by atoms with Crippen molar-refractivity contribution in [2.45, 2.75) is 38.6 Å². The van der Waals surface area contributed by atoms with E-state index in [4.69, 9.17) is 16.6 Å². The summed E-state index contributed by atoms with van der Waals surface area (Å²) in [7, 11) is 1.98. The van der Waals surface area contributed by atoms with Gasteiger partial charge >= 0.3 is 0 Å². The first kappa shape index (κ1) is 14.6. The molecule has 6 heteroatoms. The third-order valence-corrected chi connectivity index (χ3v) is 5.04. The molecule has 1 unspecified atom stereocenters. The van der Waals surface area contributed by atoms with Gasteiger partial charge in [0.15, 0.2) is 5.65 Å². The van der Waals surface area contributed by atoms with Crippen LogP contribution in [0.15, 0.2) is 17.5 Å².